The first kappa shape index (κ1) is 21.4. The van der Waals surface area contributed by atoms with Crippen molar-refractivity contribution >= 4 is 22.7 Å². The number of para-hydroxylation sites is 1. The second-order valence-corrected chi connectivity index (χ2v) is 6.90. The van der Waals surface area contributed by atoms with Crippen LogP contribution < -0.4 is 0 Å². The van der Waals surface area contributed by atoms with Crippen LogP contribution in [0.25, 0.3) is 0 Å². The molecule has 1 aromatic carbocycles. The van der Waals surface area contributed by atoms with Crippen molar-refractivity contribution in [1.82, 2.24) is 0 Å². The summed E-state index contributed by atoms with van der Waals surface area (Å²) >= 11 is 5.28. The number of halogens is 1. The van der Waals surface area contributed by atoms with Crippen molar-refractivity contribution in [3.05, 3.63) is 39.9 Å². The molecule has 0 aromatic heterocycles. The lowest BCUT2D eigenvalue weighted by Crippen LogP contribution is -2.14. The first-order chi connectivity index (χ1) is 11.8. The van der Waals surface area contributed by atoms with E-state index < -0.39 is 16.6 Å². The average molecular weight is 372 g/mol. The van der Waals surface area contributed by atoms with Gasteiger partial charge in [0.15, 0.2) is 0 Å². The first-order valence-corrected chi connectivity index (χ1v) is 8.90. The summed E-state index contributed by atoms with van der Waals surface area (Å²) in [6, 6.07) is 5.99. The van der Waals surface area contributed by atoms with Crippen LogP contribution in [-0.4, -0.2) is 17.0 Å². The highest BCUT2D eigenvalue weighted by Crippen LogP contribution is 2.29. The lowest BCUT2D eigenvalue weighted by Gasteiger charge is -2.19. The van der Waals surface area contributed by atoms with Gasteiger partial charge in [-0.25, -0.2) is 4.79 Å². The molecule has 2 unspecified atom stereocenters. The van der Waals surface area contributed by atoms with Gasteiger partial charge in [0.05, 0.1) is 17.1 Å². The smallest absolute Gasteiger partial charge is 0.406 e. The summed E-state index contributed by atoms with van der Waals surface area (Å²) in [6.07, 6.45) is 3.02. The number of hydrogen-bond donors (Lipinski definition) is 0. The van der Waals surface area contributed by atoms with E-state index in [1.807, 2.05) is 0 Å². The van der Waals surface area contributed by atoms with Crippen LogP contribution in [0.5, 0.6) is 0 Å². The van der Waals surface area contributed by atoms with Crippen molar-refractivity contribution in [3.8, 4) is 0 Å². The molecular weight excluding hydrogens is 346 g/mol. The van der Waals surface area contributed by atoms with E-state index in [9.17, 15) is 14.9 Å². The Kier molecular flexibility index (Phi) is 9.45. The molecule has 0 saturated heterocycles. The predicted molar refractivity (Wildman–Crippen MR) is 96.6 cm³/mol. The number of rotatable bonds is 11. The van der Waals surface area contributed by atoms with Crippen molar-refractivity contribution in [2.24, 2.45) is 11.8 Å². The minimum absolute atomic E-state index is 0.171. The van der Waals surface area contributed by atoms with Gasteiger partial charge in [0.1, 0.15) is 0 Å². The molecule has 0 aliphatic carbocycles. The van der Waals surface area contributed by atoms with Gasteiger partial charge in [0, 0.05) is 17.7 Å². The zero-order chi connectivity index (χ0) is 18.8. The minimum atomic E-state index is -1.19. The topological polar surface area (TPSA) is 78.7 Å². The van der Waals surface area contributed by atoms with Gasteiger partial charge in [0.25, 0.3) is 5.69 Å². The first-order valence-electron chi connectivity index (χ1n) is 8.52. The quantitative estimate of drug-likeness (QED) is 0.211. The van der Waals surface area contributed by atoms with E-state index in [1.54, 1.807) is 6.07 Å². The van der Waals surface area contributed by atoms with Crippen LogP contribution in [0.15, 0.2) is 24.3 Å². The second kappa shape index (κ2) is 11.1. The largest absolute Gasteiger partial charge is 0.419 e. The highest BCUT2D eigenvalue weighted by molar-refractivity contribution is 6.61. The van der Waals surface area contributed by atoms with Crippen molar-refractivity contribution in [2.75, 3.05) is 6.61 Å². The third-order valence-electron chi connectivity index (χ3n) is 3.95. The Labute approximate surface area is 153 Å². The van der Waals surface area contributed by atoms with Crippen molar-refractivity contribution in [3.63, 3.8) is 0 Å². The molecule has 0 heterocycles. The molecule has 0 N–H and O–H groups in total. The predicted octanol–water partition coefficient (Wildman–Crippen LogP) is 5.84. The van der Waals surface area contributed by atoms with Gasteiger partial charge in [-0.05, 0) is 24.3 Å². The molecular formula is C18H26ClNO5. The van der Waals surface area contributed by atoms with Gasteiger partial charge in [0.2, 0.25) is 6.29 Å². The molecule has 0 radical (unpaired) electrons. The standard InChI is InChI=1S/C18H26ClNO5/c1-13(2)7-6-8-14(3)11-12-24-17(25-18(19)21)15-9-4-5-10-16(15)20(22)23/h4-5,9-10,13-14,17H,6-8,11-12H2,1-3H3. The maximum Gasteiger partial charge on any atom is 0.406 e. The number of nitrogens with zero attached hydrogens (tertiary/aromatic N) is 1. The Bertz CT molecular complexity index is 564. The highest BCUT2D eigenvalue weighted by atomic mass is 35.5. The second-order valence-electron chi connectivity index (χ2n) is 6.59. The van der Waals surface area contributed by atoms with Crippen molar-refractivity contribution in [1.29, 1.82) is 0 Å². The molecule has 1 aromatic rings. The van der Waals surface area contributed by atoms with Crippen LogP contribution in [0.4, 0.5) is 10.5 Å². The van der Waals surface area contributed by atoms with Gasteiger partial charge < -0.3 is 9.47 Å². The Hall–Kier alpha value is -1.66. The SMILES string of the molecule is CC(C)CCCC(C)CCOC(OC(=O)Cl)c1ccccc1[N+](=O)[O-]. The molecule has 0 amide bonds. The normalized spacial score (nSPS) is 13.5. The fraction of sp³-hybridized carbons (Fsp3) is 0.611. The van der Waals surface area contributed by atoms with Gasteiger partial charge in [-0.3, -0.25) is 10.1 Å². The number of ether oxygens (including phenoxy) is 2. The molecule has 0 bridgehead atoms. The van der Waals surface area contributed by atoms with E-state index in [4.69, 9.17) is 21.1 Å². The molecule has 0 aliphatic rings. The monoisotopic (exact) mass is 371 g/mol. The van der Waals surface area contributed by atoms with E-state index in [-0.39, 0.29) is 11.3 Å². The van der Waals surface area contributed by atoms with Gasteiger partial charge in [-0.15, -0.1) is 0 Å². The average Bonchev–Trinajstić information content (AvgIpc) is 2.53. The summed E-state index contributed by atoms with van der Waals surface area (Å²) in [6.45, 7) is 6.86. The molecule has 0 spiro atoms. The van der Waals surface area contributed by atoms with Crippen LogP contribution in [0.1, 0.15) is 58.3 Å². The van der Waals surface area contributed by atoms with Crippen LogP contribution >= 0.6 is 11.6 Å². The van der Waals surface area contributed by atoms with Crippen molar-refractivity contribution < 1.29 is 19.2 Å². The number of benzene rings is 1. The maximum absolute atomic E-state index is 11.1. The highest BCUT2D eigenvalue weighted by Gasteiger charge is 2.25. The lowest BCUT2D eigenvalue weighted by molar-refractivity contribution is -0.387. The molecule has 140 valence electrons. The van der Waals surface area contributed by atoms with Crippen LogP contribution in [-0.2, 0) is 9.47 Å². The fourth-order valence-corrected chi connectivity index (χ4v) is 2.60. The zero-order valence-electron chi connectivity index (χ0n) is 14.9. The Balaban J connectivity index is 2.63. The number of carbonyl (C=O) groups is 1. The Morgan fingerprint density at radius 2 is 1.88 bits per heavy atom. The summed E-state index contributed by atoms with van der Waals surface area (Å²) in [4.78, 5) is 21.7. The van der Waals surface area contributed by atoms with E-state index >= 15 is 0 Å². The van der Waals surface area contributed by atoms with E-state index in [0.717, 1.165) is 19.3 Å². The zero-order valence-corrected chi connectivity index (χ0v) is 15.7. The molecule has 6 nitrogen and oxygen atoms in total. The van der Waals surface area contributed by atoms with Crippen LogP contribution in [0.3, 0.4) is 0 Å². The van der Waals surface area contributed by atoms with E-state index in [0.29, 0.717) is 18.4 Å². The summed E-state index contributed by atoms with van der Waals surface area (Å²) in [7, 11) is 0. The molecule has 25 heavy (non-hydrogen) atoms. The van der Waals surface area contributed by atoms with E-state index in [2.05, 4.69) is 20.8 Å². The minimum Gasteiger partial charge on any atom is -0.419 e. The molecule has 1 rings (SSSR count). The third kappa shape index (κ3) is 8.31. The molecule has 0 saturated carbocycles. The van der Waals surface area contributed by atoms with Crippen LogP contribution in [0, 0.1) is 22.0 Å². The number of carbonyl (C=O) groups excluding carboxylic acids is 1. The summed E-state index contributed by atoms with van der Waals surface area (Å²) in [5, 5.41) is 11.1. The number of nitro benzene ring substituents is 1. The van der Waals surface area contributed by atoms with Gasteiger partial charge in [-0.2, -0.15) is 0 Å². The molecule has 0 aliphatic heterocycles. The van der Waals surface area contributed by atoms with Crippen LogP contribution in [0.2, 0.25) is 0 Å². The molecule has 7 heteroatoms. The lowest BCUT2D eigenvalue weighted by atomic mass is 9.98. The third-order valence-corrected chi connectivity index (χ3v) is 4.03. The Morgan fingerprint density at radius 1 is 1.20 bits per heavy atom. The summed E-state index contributed by atoms with van der Waals surface area (Å²) in [5.74, 6) is 1.14. The molecule has 0 fully saturated rings. The van der Waals surface area contributed by atoms with Crippen molar-refractivity contribution in [2.45, 2.75) is 52.7 Å². The number of nitro groups is 1. The maximum atomic E-state index is 11.1. The summed E-state index contributed by atoms with van der Waals surface area (Å²) in [5.41, 5.74) is -1.06. The fourth-order valence-electron chi connectivity index (χ4n) is 2.52. The van der Waals surface area contributed by atoms with E-state index in [1.165, 1.54) is 24.6 Å². The summed E-state index contributed by atoms with van der Waals surface area (Å²) < 4.78 is 10.5. The Morgan fingerprint density at radius 3 is 2.48 bits per heavy atom. The number of hydrogen-bond acceptors (Lipinski definition) is 5. The van der Waals surface area contributed by atoms with Gasteiger partial charge in [-0.1, -0.05) is 52.2 Å². The molecule has 2 atom stereocenters. The van der Waals surface area contributed by atoms with Gasteiger partial charge >= 0.3 is 5.43 Å².